The summed E-state index contributed by atoms with van der Waals surface area (Å²) in [6, 6.07) is 0. The van der Waals surface area contributed by atoms with E-state index in [9.17, 15) is 0 Å². The van der Waals surface area contributed by atoms with E-state index in [1.807, 2.05) is 0 Å². The summed E-state index contributed by atoms with van der Waals surface area (Å²) in [5.74, 6) is 2.11. The van der Waals surface area contributed by atoms with E-state index >= 15 is 0 Å². The maximum absolute atomic E-state index is 4.55. The van der Waals surface area contributed by atoms with Crippen molar-refractivity contribution in [3.63, 3.8) is 0 Å². The lowest BCUT2D eigenvalue weighted by Crippen LogP contribution is -2.24. The molecule has 21 heavy (non-hydrogen) atoms. The maximum atomic E-state index is 4.55. The number of rotatable bonds is 8. The van der Waals surface area contributed by atoms with E-state index in [-0.39, 0.29) is 0 Å². The average molecular weight is 293 g/mol. The molecule has 1 aromatic rings. The van der Waals surface area contributed by atoms with Crippen LogP contribution >= 0.6 is 0 Å². The standard InChI is InChI=1S/C14H27N7/c1-4-7-15-12-17-13(16-8-11-20(2)3)19-14(18-12)21-9-5-6-10-21/h4-11H2,1-3H3,(H2,15,16,17,18,19). The molecule has 0 spiro atoms. The van der Waals surface area contributed by atoms with E-state index in [4.69, 9.17) is 0 Å². The van der Waals surface area contributed by atoms with E-state index in [0.717, 1.165) is 45.1 Å². The highest BCUT2D eigenvalue weighted by molar-refractivity contribution is 5.44. The molecule has 0 bridgehead atoms. The molecule has 1 aromatic heterocycles. The highest BCUT2D eigenvalue weighted by Gasteiger charge is 2.17. The van der Waals surface area contributed by atoms with Crippen molar-refractivity contribution >= 4 is 17.8 Å². The first kappa shape index (κ1) is 15.8. The summed E-state index contributed by atoms with van der Waals surface area (Å²) in [5, 5.41) is 6.54. The minimum Gasteiger partial charge on any atom is -0.354 e. The third-order valence-electron chi connectivity index (χ3n) is 3.39. The maximum Gasteiger partial charge on any atom is 0.231 e. The van der Waals surface area contributed by atoms with Crippen LogP contribution in [0.25, 0.3) is 0 Å². The number of anilines is 3. The first-order chi connectivity index (χ1) is 10.2. The van der Waals surface area contributed by atoms with Crippen LogP contribution in [-0.4, -0.2) is 66.7 Å². The summed E-state index contributed by atoms with van der Waals surface area (Å²) in [4.78, 5) is 17.9. The Hall–Kier alpha value is -1.63. The van der Waals surface area contributed by atoms with Crippen molar-refractivity contribution in [3.8, 4) is 0 Å². The molecule has 2 heterocycles. The smallest absolute Gasteiger partial charge is 0.231 e. The Balaban J connectivity index is 2.07. The van der Waals surface area contributed by atoms with Crippen LogP contribution in [0.4, 0.5) is 17.8 Å². The zero-order valence-corrected chi connectivity index (χ0v) is 13.4. The molecule has 0 saturated carbocycles. The Morgan fingerprint density at radius 2 is 1.62 bits per heavy atom. The molecule has 7 heteroatoms. The summed E-state index contributed by atoms with van der Waals surface area (Å²) in [6.45, 7) is 6.85. The van der Waals surface area contributed by atoms with E-state index in [1.165, 1.54) is 12.8 Å². The topological polar surface area (TPSA) is 69.2 Å². The van der Waals surface area contributed by atoms with Crippen molar-refractivity contribution in [2.75, 3.05) is 62.4 Å². The van der Waals surface area contributed by atoms with Crippen LogP contribution in [0.5, 0.6) is 0 Å². The predicted octanol–water partition coefficient (Wildman–Crippen LogP) is 1.27. The summed E-state index contributed by atoms with van der Waals surface area (Å²) >= 11 is 0. The Labute approximate surface area is 127 Å². The number of hydrogen-bond acceptors (Lipinski definition) is 7. The van der Waals surface area contributed by atoms with Crippen molar-refractivity contribution in [3.05, 3.63) is 0 Å². The van der Waals surface area contributed by atoms with Crippen LogP contribution in [0.15, 0.2) is 0 Å². The van der Waals surface area contributed by atoms with Crippen LogP contribution in [0.1, 0.15) is 26.2 Å². The van der Waals surface area contributed by atoms with Crippen molar-refractivity contribution in [2.45, 2.75) is 26.2 Å². The quantitative estimate of drug-likeness (QED) is 0.748. The molecule has 1 fully saturated rings. The first-order valence-corrected chi connectivity index (χ1v) is 7.82. The lowest BCUT2D eigenvalue weighted by molar-refractivity contribution is 0.425. The van der Waals surface area contributed by atoms with Crippen LogP contribution in [-0.2, 0) is 0 Å². The molecule has 2 N–H and O–H groups in total. The molecule has 7 nitrogen and oxygen atoms in total. The van der Waals surface area contributed by atoms with Gasteiger partial charge >= 0.3 is 0 Å². The predicted molar refractivity (Wildman–Crippen MR) is 87.1 cm³/mol. The van der Waals surface area contributed by atoms with Gasteiger partial charge in [0.25, 0.3) is 0 Å². The fourth-order valence-electron chi connectivity index (χ4n) is 2.21. The molecule has 0 aliphatic carbocycles. The van der Waals surface area contributed by atoms with Crippen LogP contribution < -0.4 is 15.5 Å². The fraction of sp³-hybridized carbons (Fsp3) is 0.786. The van der Waals surface area contributed by atoms with Gasteiger partial charge in [0.1, 0.15) is 0 Å². The number of aromatic nitrogens is 3. The molecule has 1 aliphatic rings. The summed E-state index contributed by atoms with van der Waals surface area (Å²) < 4.78 is 0. The van der Waals surface area contributed by atoms with Gasteiger partial charge in [0.05, 0.1) is 0 Å². The summed E-state index contributed by atoms with van der Waals surface area (Å²) in [7, 11) is 4.11. The molecule has 1 aliphatic heterocycles. The van der Waals surface area contributed by atoms with Gasteiger partial charge in [-0.1, -0.05) is 6.92 Å². The first-order valence-electron chi connectivity index (χ1n) is 7.82. The zero-order chi connectivity index (χ0) is 15.1. The second-order valence-corrected chi connectivity index (χ2v) is 5.63. The molecule has 0 aromatic carbocycles. The fourth-order valence-corrected chi connectivity index (χ4v) is 2.21. The normalized spacial score (nSPS) is 14.8. The molecular weight excluding hydrogens is 266 g/mol. The van der Waals surface area contributed by atoms with Gasteiger partial charge in [-0.3, -0.25) is 0 Å². The zero-order valence-electron chi connectivity index (χ0n) is 13.4. The highest BCUT2D eigenvalue weighted by Crippen LogP contribution is 2.18. The Kier molecular flexibility index (Phi) is 5.98. The lowest BCUT2D eigenvalue weighted by Gasteiger charge is -2.17. The van der Waals surface area contributed by atoms with Crippen LogP contribution in [0.3, 0.4) is 0 Å². The molecule has 0 atom stereocenters. The third kappa shape index (κ3) is 5.00. The van der Waals surface area contributed by atoms with E-state index in [1.54, 1.807) is 0 Å². The Morgan fingerprint density at radius 1 is 1.00 bits per heavy atom. The second-order valence-electron chi connectivity index (χ2n) is 5.63. The van der Waals surface area contributed by atoms with Crippen LogP contribution in [0.2, 0.25) is 0 Å². The van der Waals surface area contributed by atoms with E-state index < -0.39 is 0 Å². The third-order valence-corrected chi connectivity index (χ3v) is 3.39. The highest BCUT2D eigenvalue weighted by atomic mass is 15.3. The number of nitrogens with one attached hydrogen (secondary N) is 2. The van der Waals surface area contributed by atoms with E-state index in [0.29, 0.717) is 11.9 Å². The SMILES string of the molecule is CCCNc1nc(NCCN(C)C)nc(N2CCCC2)n1. The average Bonchev–Trinajstić information content (AvgIpc) is 2.99. The molecule has 0 unspecified atom stereocenters. The van der Waals surface area contributed by atoms with E-state index in [2.05, 4.69) is 56.4 Å². The van der Waals surface area contributed by atoms with Gasteiger partial charge in [-0.15, -0.1) is 0 Å². The van der Waals surface area contributed by atoms with Gasteiger partial charge in [-0.25, -0.2) is 0 Å². The molecule has 1 saturated heterocycles. The van der Waals surface area contributed by atoms with Gasteiger partial charge < -0.3 is 20.4 Å². The molecule has 2 rings (SSSR count). The number of nitrogens with zero attached hydrogens (tertiary/aromatic N) is 5. The Morgan fingerprint density at radius 3 is 2.19 bits per heavy atom. The van der Waals surface area contributed by atoms with Gasteiger partial charge in [-0.05, 0) is 33.4 Å². The number of likely N-dealkylation sites (N-methyl/N-ethyl adjacent to an activating group) is 1. The van der Waals surface area contributed by atoms with Gasteiger partial charge in [0.15, 0.2) is 0 Å². The molecule has 0 amide bonds. The van der Waals surface area contributed by atoms with Crippen molar-refractivity contribution < 1.29 is 0 Å². The molecule has 0 radical (unpaired) electrons. The molecule has 118 valence electrons. The number of hydrogen-bond donors (Lipinski definition) is 2. The summed E-state index contributed by atoms with van der Waals surface area (Å²) in [5.41, 5.74) is 0. The van der Waals surface area contributed by atoms with Crippen molar-refractivity contribution in [1.29, 1.82) is 0 Å². The Bertz CT molecular complexity index is 429. The van der Waals surface area contributed by atoms with Gasteiger partial charge in [0, 0.05) is 32.7 Å². The lowest BCUT2D eigenvalue weighted by atomic mass is 10.4. The minimum absolute atomic E-state index is 0.660. The molecular formula is C14H27N7. The van der Waals surface area contributed by atoms with Gasteiger partial charge in [0.2, 0.25) is 17.8 Å². The van der Waals surface area contributed by atoms with Crippen LogP contribution in [0, 0.1) is 0 Å². The van der Waals surface area contributed by atoms with Gasteiger partial charge in [-0.2, -0.15) is 15.0 Å². The van der Waals surface area contributed by atoms with Crippen molar-refractivity contribution in [2.24, 2.45) is 0 Å². The second kappa shape index (κ2) is 7.97. The van der Waals surface area contributed by atoms with Crippen molar-refractivity contribution in [1.82, 2.24) is 19.9 Å². The minimum atomic E-state index is 0.660. The largest absolute Gasteiger partial charge is 0.354 e. The monoisotopic (exact) mass is 293 g/mol. The summed E-state index contributed by atoms with van der Waals surface area (Å²) in [6.07, 6.45) is 3.48.